The lowest BCUT2D eigenvalue weighted by molar-refractivity contribution is -0.132. The Morgan fingerprint density at radius 1 is 0.938 bits per heavy atom. The predicted molar refractivity (Wildman–Crippen MR) is 130 cm³/mol. The van der Waals surface area contributed by atoms with Crippen LogP contribution in [0.25, 0.3) is 0 Å². The lowest BCUT2D eigenvalue weighted by Gasteiger charge is -2.34. The first-order valence-electron chi connectivity index (χ1n) is 12.8. The molecular weight excluding hydrogens is 403 g/mol. The maximum Gasteiger partial charge on any atom is 0.226 e. The molecule has 4 nitrogen and oxygen atoms in total. The first-order valence-corrected chi connectivity index (χ1v) is 12.8. The Balaban J connectivity index is 1.50. The zero-order valence-electron chi connectivity index (χ0n) is 20.7. The minimum Gasteiger partial charge on any atom is -0.378 e. The van der Waals surface area contributed by atoms with Crippen LogP contribution in [0.1, 0.15) is 83.1 Å². The normalized spacial score (nSPS) is 18.8. The summed E-state index contributed by atoms with van der Waals surface area (Å²) >= 11 is 0. The first-order chi connectivity index (χ1) is 15.5. The van der Waals surface area contributed by atoms with Crippen LogP contribution < -0.4 is 0 Å². The first kappa shape index (κ1) is 26.8. The van der Waals surface area contributed by atoms with E-state index in [9.17, 15) is 9.18 Å². The topological polar surface area (TPSA) is 32.8 Å². The van der Waals surface area contributed by atoms with Crippen LogP contribution in [0.5, 0.6) is 0 Å². The third-order valence-corrected chi connectivity index (χ3v) is 6.78. The van der Waals surface area contributed by atoms with Gasteiger partial charge in [0.2, 0.25) is 5.91 Å². The summed E-state index contributed by atoms with van der Waals surface area (Å²) in [5, 5.41) is 0. The number of likely N-dealkylation sites (N-methyl/N-ethyl adjacent to an activating group) is 1. The molecule has 2 rings (SSSR count). The van der Waals surface area contributed by atoms with E-state index in [0.29, 0.717) is 12.5 Å². The molecule has 0 heterocycles. The van der Waals surface area contributed by atoms with Crippen LogP contribution in [-0.4, -0.2) is 61.6 Å². The number of nitrogens with zero attached hydrogens (tertiary/aromatic N) is 2. The number of hydrogen-bond acceptors (Lipinski definition) is 3. The van der Waals surface area contributed by atoms with Crippen LogP contribution in [0.2, 0.25) is 0 Å². The number of rotatable bonds is 15. The van der Waals surface area contributed by atoms with Crippen LogP contribution in [0.3, 0.4) is 0 Å². The molecule has 1 aliphatic carbocycles. The van der Waals surface area contributed by atoms with Gasteiger partial charge in [0, 0.05) is 19.7 Å². The molecule has 1 fully saturated rings. The summed E-state index contributed by atoms with van der Waals surface area (Å²) in [5.74, 6) is -0.157. The van der Waals surface area contributed by atoms with E-state index in [1.807, 2.05) is 11.9 Å². The van der Waals surface area contributed by atoms with E-state index in [0.717, 1.165) is 44.3 Å². The van der Waals surface area contributed by atoms with Crippen LogP contribution in [0.4, 0.5) is 4.39 Å². The van der Waals surface area contributed by atoms with Gasteiger partial charge in [-0.25, -0.2) is 4.39 Å². The van der Waals surface area contributed by atoms with Crippen molar-refractivity contribution in [1.82, 2.24) is 9.80 Å². The number of hydrogen-bond donors (Lipinski definition) is 0. The number of halogens is 1. The average molecular weight is 449 g/mol. The highest BCUT2D eigenvalue weighted by atomic mass is 19.1. The van der Waals surface area contributed by atoms with Gasteiger partial charge >= 0.3 is 0 Å². The molecule has 0 spiro atoms. The fourth-order valence-corrected chi connectivity index (χ4v) is 4.54. The Labute approximate surface area is 195 Å². The molecule has 5 heteroatoms. The van der Waals surface area contributed by atoms with Crippen molar-refractivity contribution in [2.45, 2.75) is 96.1 Å². The minimum absolute atomic E-state index is 0.108. The van der Waals surface area contributed by atoms with Gasteiger partial charge in [0.05, 0.1) is 12.5 Å². The molecule has 0 N–H and O–H groups in total. The molecular formula is C27H45FN2O2. The molecule has 0 bridgehead atoms. The fourth-order valence-electron chi connectivity index (χ4n) is 4.54. The Morgan fingerprint density at radius 2 is 1.56 bits per heavy atom. The second-order valence-electron chi connectivity index (χ2n) is 9.53. The molecule has 1 saturated carbocycles. The summed E-state index contributed by atoms with van der Waals surface area (Å²) in [7, 11) is 4.14. The maximum atomic E-state index is 13.0. The summed E-state index contributed by atoms with van der Waals surface area (Å²) in [5.41, 5.74) is 0.864. The molecule has 0 unspecified atom stereocenters. The van der Waals surface area contributed by atoms with E-state index in [2.05, 4.69) is 18.9 Å². The third-order valence-electron chi connectivity index (χ3n) is 6.78. The van der Waals surface area contributed by atoms with E-state index in [4.69, 9.17) is 4.74 Å². The maximum absolute atomic E-state index is 13.0. The van der Waals surface area contributed by atoms with E-state index in [1.165, 1.54) is 63.7 Å². The fraction of sp³-hybridized carbons (Fsp3) is 0.741. The SMILES string of the molecule is CCCCCN(C)CCCCCCO[C@H]1CC[C@H](N(C)C(=O)Cc2ccc(F)cc2)CC1. The Hall–Kier alpha value is -1.46. The molecule has 0 aliphatic heterocycles. The van der Waals surface area contributed by atoms with Crippen molar-refractivity contribution in [3.63, 3.8) is 0 Å². The van der Waals surface area contributed by atoms with Crippen LogP contribution in [0.15, 0.2) is 24.3 Å². The van der Waals surface area contributed by atoms with Crippen LogP contribution in [-0.2, 0) is 16.0 Å². The van der Waals surface area contributed by atoms with Gasteiger partial charge in [0.25, 0.3) is 0 Å². The number of carbonyl (C=O) groups is 1. The average Bonchev–Trinajstić information content (AvgIpc) is 2.80. The van der Waals surface area contributed by atoms with Gasteiger partial charge in [-0.2, -0.15) is 0 Å². The molecule has 182 valence electrons. The zero-order valence-corrected chi connectivity index (χ0v) is 20.7. The number of carbonyl (C=O) groups excluding carboxylic acids is 1. The number of benzene rings is 1. The quantitative estimate of drug-likeness (QED) is 0.316. The summed E-state index contributed by atoms with van der Waals surface area (Å²) in [6.45, 7) is 5.56. The van der Waals surface area contributed by atoms with Gasteiger partial charge < -0.3 is 14.5 Å². The highest BCUT2D eigenvalue weighted by Gasteiger charge is 2.26. The van der Waals surface area contributed by atoms with Gasteiger partial charge in [-0.05, 0) is 82.8 Å². The predicted octanol–water partition coefficient (Wildman–Crippen LogP) is 5.84. The third kappa shape index (κ3) is 10.4. The smallest absolute Gasteiger partial charge is 0.226 e. The molecule has 0 atom stereocenters. The summed E-state index contributed by atoms with van der Waals surface area (Å²) < 4.78 is 19.2. The van der Waals surface area contributed by atoms with Crippen LogP contribution in [0, 0.1) is 5.82 Å². The van der Waals surface area contributed by atoms with Gasteiger partial charge in [-0.1, -0.05) is 44.7 Å². The molecule has 1 aromatic rings. The number of ether oxygens (including phenoxy) is 1. The van der Waals surface area contributed by atoms with Crippen LogP contribution >= 0.6 is 0 Å². The highest BCUT2D eigenvalue weighted by molar-refractivity contribution is 5.78. The Morgan fingerprint density at radius 3 is 2.22 bits per heavy atom. The standard InChI is InChI=1S/C27H45FN2O2/c1-4-5-8-19-29(2)20-9-6-7-10-21-32-26-17-15-25(16-18-26)30(3)27(31)22-23-11-13-24(28)14-12-23/h11-14,25-26H,4-10,15-22H2,1-3H3/t25-,26-. The van der Waals surface area contributed by atoms with Gasteiger partial charge in [-0.15, -0.1) is 0 Å². The number of amides is 1. The van der Waals surface area contributed by atoms with Crippen molar-refractivity contribution in [2.24, 2.45) is 0 Å². The molecule has 1 amide bonds. The molecule has 1 aromatic carbocycles. The van der Waals surface area contributed by atoms with Gasteiger partial charge in [-0.3, -0.25) is 4.79 Å². The van der Waals surface area contributed by atoms with Crippen molar-refractivity contribution in [2.75, 3.05) is 33.8 Å². The van der Waals surface area contributed by atoms with Crippen molar-refractivity contribution >= 4 is 5.91 Å². The van der Waals surface area contributed by atoms with Gasteiger partial charge in [0.1, 0.15) is 5.82 Å². The van der Waals surface area contributed by atoms with E-state index in [-0.39, 0.29) is 17.8 Å². The van der Waals surface area contributed by atoms with Crippen molar-refractivity contribution in [3.05, 3.63) is 35.6 Å². The van der Waals surface area contributed by atoms with E-state index >= 15 is 0 Å². The molecule has 0 aromatic heterocycles. The molecule has 0 saturated heterocycles. The second kappa shape index (κ2) is 15.4. The number of unbranched alkanes of at least 4 members (excludes halogenated alkanes) is 5. The summed E-state index contributed by atoms with van der Waals surface area (Å²) in [4.78, 5) is 16.9. The molecule has 1 aliphatic rings. The summed E-state index contributed by atoms with van der Waals surface area (Å²) in [6.07, 6.45) is 13.7. The lowest BCUT2D eigenvalue weighted by Crippen LogP contribution is -2.41. The van der Waals surface area contributed by atoms with Crippen molar-refractivity contribution in [1.29, 1.82) is 0 Å². The zero-order chi connectivity index (χ0) is 23.2. The Kier molecular flexibility index (Phi) is 12.9. The monoisotopic (exact) mass is 448 g/mol. The van der Waals surface area contributed by atoms with Gasteiger partial charge in [0.15, 0.2) is 0 Å². The molecule has 32 heavy (non-hydrogen) atoms. The lowest BCUT2D eigenvalue weighted by atomic mass is 9.91. The van der Waals surface area contributed by atoms with E-state index < -0.39 is 0 Å². The van der Waals surface area contributed by atoms with Crippen molar-refractivity contribution in [3.8, 4) is 0 Å². The second-order valence-corrected chi connectivity index (χ2v) is 9.53. The highest BCUT2D eigenvalue weighted by Crippen LogP contribution is 2.25. The largest absolute Gasteiger partial charge is 0.378 e. The molecule has 0 radical (unpaired) electrons. The minimum atomic E-state index is -0.265. The van der Waals surface area contributed by atoms with E-state index in [1.54, 1.807) is 12.1 Å². The summed E-state index contributed by atoms with van der Waals surface area (Å²) in [6, 6.07) is 6.50. The Bertz CT molecular complexity index is 629. The van der Waals surface area contributed by atoms with Crippen molar-refractivity contribution < 1.29 is 13.9 Å².